The summed E-state index contributed by atoms with van der Waals surface area (Å²) < 4.78 is 16.6. The molecule has 0 aliphatic heterocycles. The van der Waals surface area contributed by atoms with E-state index >= 15 is 0 Å². The van der Waals surface area contributed by atoms with Gasteiger partial charge in [0, 0.05) is 11.1 Å². The Labute approximate surface area is 187 Å². The summed E-state index contributed by atoms with van der Waals surface area (Å²) in [5.74, 6) is 1.66. The number of phenols is 1. The van der Waals surface area contributed by atoms with E-state index in [1.807, 2.05) is 24.3 Å². The van der Waals surface area contributed by atoms with Crippen LogP contribution in [0, 0.1) is 0 Å². The molecule has 1 aliphatic carbocycles. The van der Waals surface area contributed by atoms with Crippen molar-refractivity contribution in [3.05, 3.63) is 88.5 Å². The van der Waals surface area contributed by atoms with Gasteiger partial charge in [0.2, 0.25) is 0 Å². The number of allylic oxidation sites excluding steroid dienone is 1. The van der Waals surface area contributed by atoms with E-state index in [9.17, 15) is 9.90 Å². The van der Waals surface area contributed by atoms with Crippen LogP contribution in [0.15, 0.2) is 60.7 Å². The van der Waals surface area contributed by atoms with Crippen LogP contribution >= 0.6 is 0 Å². The second kappa shape index (κ2) is 9.60. The number of benzene rings is 3. The van der Waals surface area contributed by atoms with Crippen LogP contribution in [0.3, 0.4) is 0 Å². The Morgan fingerprint density at radius 2 is 1.75 bits per heavy atom. The quantitative estimate of drug-likeness (QED) is 0.384. The molecule has 0 heterocycles. The molecule has 5 nitrogen and oxygen atoms in total. The van der Waals surface area contributed by atoms with Crippen molar-refractivity contribution in [3.8, 4) is 23.0 Å². The summed E-state index contributed by atoms with van der Waals surface area (Å²) in [6, 6.07) is 16.5. The Morgan fingerprint density at radius 3 is 2.56 bits per heavy atom. The van der Waals surface area contributed by atoms with Gasteiger partial charge < -0.3 is 19.3 Å². The Hall–Kier alpha value is -3.73. The molecule has 0 amide bonds. The lowest BCUT2D eigenvalue weighted by molar-refractivity contribution is 0.104. The standard InChI is InChI=1S/C27H26O5/c1-30-26-13-7-18(6-11-24(28)21-9-12-25(29)27(16-21)31-2)14-22(26)17-32-23-10-8-19-4-3-5-20(19)15-23/h6-16,29H,3-5,17H2,1-2H3/b11-6+. The second-order valence-corrected chi connectivity index (χ2v) is 7.73. The Balaban J connectivity index is 1.48. The molecule has 0 radical (unpaired) electrons. The number of aromatic hydroxyl groups is 1. The van der Waals surface area contributed by atoms with Gasteiger partial charge in [-0.25, -0.2) is 0 Å². The topological polar surface area (TPSA) is 65.0 Å². The number of phenolic OH excluding ortho intramolecular Hbond substituents is 1. The number of methoxy groups -OCH3 is 2. The highest BCUT2D eigenvalue weighted by Crippen LogP contribution is 2.29. The zero-order chi connectivity index (χ0) is 22.5. The van der Waals surface area contributed by atoms with Gasteiger partial charge in [0.15, 0.2) is 17.3 Å². The fourth-order valence-electron chi connectivity index (χ4n) is 3.91. The molecular formula is C27H26O5. The predicted octanol–water partition coefficient (Wildman–Crippen LogP) is 5.37. The molecule has 4 rings (SSSR count). The van der Waals surface area contributed by atoms with Crippen molar-refractivity contribution >= 4 is 11.9 Å². The van der Waals surface area contributed by atoms with E-state index in [1.165, 1.54) is 42.9 Å². The minimum absolute atomic E-state index is 0.00352. The molecule has 0 aromatic heterocycles. The van der Waals surface area contributed by atoms with E-state index < -0.39 is 0 Å². The molecule has 0 bridgehead atoms. The summed E-state index contributed by atoms with van der Waals surface area (Å²) in [4.78, 5) is 12.5. The maximum absolute atomic E-state index is 12.5. The minimum Gasteiger partial charge on any atom is -0.504 e. The summed E-state index contributed by atoms with van der Waals surface area (Å²) in [6.07, 6.45) is 6.71. The smallest absolute Gasteiger partial charge is 0.185 e. The fraction of sp³-hybridized carbons (Fsp3) is 0.222. The molecule has 1 N–H and O–H groups in total. The van der Waals surface area contributed by atoms with Gasteiger partial charge in [-0.1, -0.05) is 18.2 Å². The van der Waals surface area contributed by atoms with E-state index in [2.05, 4.69) is 12.1 Å². The van der Waals surface area contributed by atoms with Crippen LogP contribution in [-0.4, -0.2) is 25.1 Å². The predicted molar refractivity (Wildman–Crippen MR) is 124 cm³/mol. The Kier molecular flexibility index (Phi) is 6.45. The van der Waals surface area contributed by atoms with Gasteiger partial charge in [0.1, 0.15) is 18.1 Å². The van der Waals surface area contributed by atoms with Crippen molar-refractivity contribution in [2.24, 2.45) is 0 Å². The van der Waals surface area contributed by atoms with Crippen LogP contribution in [0.25, 0.3) is 6.08 Å². The van der Waals surface area contributed by atoms with Crippen molar-refractivity contribution in [3.63, 3.8) is 0 Å². The van der Waals surface area contributed by atoms with Gasteiger partial charge >= 0.3 is 0 Å². The molecule has 164 valence electrons. The molecule has 5 heteroatoms. The third-order valence-corrected chi connectivity index (χ3v) is 5.66. The second-order valence-electron chi connectivity index (χ2n) is 7.73. The highest BCUT2D eigenvalue weighted by atomic mass is 16.5. The number of carbonyl (C=O) groups excluding carboxylic acids is 1. The fourth-order valence-corrected chi connectivity index (χ4v) is 3.91. The molecule has 0 saturated carbocycles. The van der Waals surface area contributed by atoms with Crippen molar-refractivity contribution in [1.82, 2.24) is 0 Å². The molecule has 1 aliphatic rings. The average molecular weight is 431 g/mol. The van der Waals surface area contributed by atoms with Gasteiger partial charge in [-0.2, -0.15) is 0 Å². The largest absolute Gasteiger partial charge is 0.504 e. The van der Waals surface area contributed by atoms with Gasteiger partial charge in [0.25, 0.3) is 0 Å². The number of rotatable bonds is 8. The molecule has 3 aromatic carbocycles. The van der Waals surface area contributed by atoms with Crippen LogP contribution in [-0.2, 0) is 19.4 Å². The number of fused-ring (bicyclic) bond motifs is 1. The van der Waals surface area contributed by atoms with Crippen LogP contribution < -0.4 is 14.2 Å². The molecule has 32 heavy (non-hydrogen) atoms. The number of ether oxygens (including phenoxy) is 3. The highest BCUT2D eigenvalue weighted by molar-refractivity contribution is 6.07. The van der Waals surface area contributed by atoms with E-state index in [0.29, 0.717) is 12.2 Å². The molecule has 0 saturated heterocycles. The number of hydrogen-bond donors (Lipinski definition) is 1. The Bertz CT molecular complexity index is 1160. The first-order chi connectivity index (χ1) is 15.6. The van der Waals surface area contributed by atoms with Gasteiger partial charge in [-0.3, -0.25) is 4.79 Å². The van der Waals surface area contributed by atoms with E-state index in [1.54, 1.807) is 19.3 Å². The monoisotopic (exact) mass is 430 g/mol. The number of aryl methyl sites for hydroxylation is 2. The zero-order valence-corrected chi connectivity index (χ0v) is 18.3. The average Bonchev–Trinajstić information content (AvgIpc) is 3.29. The summed E-state index contributed by atoms with van der Waals surface area (Å²) >= 11 is 0. The summed E-state index contributed by atoms with van der Waals surface area (Å²) in [5, 5.41) is 9.71. The lowest BCUT2D eigenvalue weighted by atomic mass is 10.1. The molecule has 0 atom stereocenters. The SMILES string of the molecule is COc1cc(C(=O)/C=C/c2ccc(OC)c(COc3ccc4c(c3)CCC4)c2)ccc1O. The lowest BCUT2D eigenvalue weighted by Crippen LogP contribution is -2.00. The van der Waals surface area contributed by atoms with Gasteiger partial charge in [-0.15, -0.1) is 0 Å². The summed E-state index contributed by atoms with van der Waals surface area (Å²) in [5.41, 5.74) is 4.98. The van der Waals surface area contributed by atoms with Crippen molar-refractivity contribution in [1.29, 1.82) is 0 Å². The minimum atomic E-state index is -0.185. The van der Waals surface area contributed by atoms with Crippen molar-refractivity contribution in [2.45, 2.75) is 25.9 Å². The highest BCUT2D eigenvalue weighted by Gasteiger charge is 2.12. The molecular weight excluding hydrogens is 404 g/mol. The number of ketones is 1. The summed E-state index contributed by atoms with van der Waals surface area (Å²) in [6.45, 7) is 0.368. The summed E-state index contributed by atoms with van der Waals surface area (Å²) in [7, 11) is 3.08. The van der Waals surface area contributed by atoms with Crippen LogP contribution in [0.5, 0.6) is 23.0 Å². The van der Waals surface area contributed by atoms with Gasteiger partial charge in [-0.05, 0) is 84.5 Å². The first-order valence-electron chi connectivity index (χ1n) is 10.6. The zero-order valence-electron chi connectivity index (χ0n) is 18.3. The molecule has 3 aromatic rings. The maximum atomic E-state index is 12.5. The third-order valence-electron chi connectivity index (χ3n) is 5.66. The van der Waals surface area contributed by atoms with Crippen molar-refractivity contribution < 1.29 is 24.1 Å². The van der Waals surface area contributed by atoms with E-state index in [-0.39, 0.29) is 17.3 Å². The maximum Gasteiger partial charge on any atom is 0.185 e. The first-order valence-corrected chi connectivity index (χ1v) is 10.6. The van der Waals surface area contributed by atoms with Crippen LogP contribution in [0.4, 0.5) is 0 Å². The van der Waals surface area contributed by atoms with Gasteiger partial charge in [0.05, 0.1) is 14.2 Å². The lowest BCUT2D eigenvalue weighted by Gasteiger charge is -2.12. The van der Waals surface area contributed by atoms with E-state index in [0.717, 1.165) is 35.5 Å². The number of carbonyl (C=O) groups is 1. The molecule has 0 unspecified atom stereocenters. The van der Waals surface area contributed by atoms with Crippen LogP contribution in [0.2, 0.25) is 0 Å². The van der Waals surface area contributed by atoms with E-state index in [4.69, 9.17) is 14.2 Å². The third kappa shape index (κ3) is 4.78. The normalized spacial score (nSPS) is 12.6. The van der Waals surface area contributed by atoms with Crippen molar-refractivity contribution in [2.75, 3.05) is 14.2 Å². The molecule has 0 spiro atoms. The Morgan fingerprint density at radius 1 is 0.938 bits per heavy atom. The first kappa shape index (κ1) is 21.5. The molecule has 0 fully saturated rings. The van der Waals surface area contributed by atoms with Crippen LogP contribution in [0.1, 0.15) is 39.0 Å². The number of hydrogen-bond acceptors (Lipinski definition) is 5.